The van der Waals surface area contributed by atoms with E-state index in [9.17, 15) is 8.78 Å². The predicted molar refractivity (Wildman–Crippen MR) is 64.9 cm³/mol. The lowest BCUT2D eigenvalue weighted by atomic mass is 10.2. The third-order valence-corrected chi connectivity index (χ3v) is 2.65. The van der Waals surface area contributed by atoms with Gasteiger partial charge < -0.3 is 5.32 Å². The molecule has 0 aliphatic rings. The quantitative estimate of drug-likeness (QED) is 0.799. The second-order valence-corrected chi connectivity index (χ2v) is 4.01. The summed E-state index contributed by atoms with van der Waals surface area (Å²) in [5.74, 6) is -1.57. The number of hydrogen-bond donors (Lipinski definition) is 1. The van der Waals surface area contributed by atoms with Crippen molar-refractivity contribution in [1.29, 1.82) is 0 Å². The second-order valence-electron chi connectivity index (χ2n) is 4.01. The minimum absolute atomic E-state index is 0.336. The van der Waals surface area contributed by atoms with Gasteiger partial charge in [-0.05, 0) is 25.1 Å². The zero-order chi connectivity index (χ0) is 12.8. The average molecular weight is 251 g/mol. The highest BCUT2D eigenvalue weighted by Gasteiger charge is 2.06. The Morgan fingerprint density at radius 3 is 2.89 bits per heavy atom. The first kappa shape index (κ1) is 12.7. The molecule has 0 radical (unpaired) electrons. The fourth-order valence-corrected chi connectivity index (χ4v) is 1.71. The molecule has 0 spiro atoms. The molecule has 3 nitrogen and oxygen atoms in total. The molecule has 1 aromatic heterocycles. The number of halogens is 2. The Morgan fingerprint density at radius 2 is 2.11 bits per heavy atom. The van der Waals surface area contributed by atoms with E-state index in [1.807, 2.05) is 16.9 Å². The first-order chi connectivity index (χ1) is 8.77. The lowest BCUT2D eigenvalue weighted by Gasteiger charge is -2.06. The van der Waals surface area contributed by atoms with Crippen molar-refractivity contribution < 1.29 is 8.78 Å². The van der Waals surface area contributed by atoms with Crippen molar-refractivity contribution in [2.45, 2.75) is 19.5 Å². The topological polar surface area (TPSA) is 29.9 Å². The molecule has 96 valence electrons. The Hall–Kier alpha value is -1.75. The maximum absolute atomic E-state index is 13.3. The van der Waals surface area contributed by atoms with E-state index in [-0.39, 0.29) is 0 Å². The zero-order valence-electron chi connectivity index (χ0n) is 9.94. The fraction of sp³-hybridized carbons (Fsp3) is 0.308. The normalized spacial score (nSPS) is 10.8. The molecule has 2 aromatic rings. The smallest absolute Gasteiger partial charge is 0.163 e. The summed E-state index contributed by atoms with van der Waals surface area (Å²) < 4.78 is 28.1. The number of nitrogens with one attached hydrogen (secondary N) is 1. The Bertz CT molecular complexity index is 483. The van der Waals surface area contributed by atoms with Crippen LogP contribution in [-0.2, 0) is 13.1 Å². The summed E-state index contributed by atoms with van der Waals surface area (Å²) in [5.41, 5.74) is 0.356. The highest BCUT2D eigenvalue weighted by molar-refractivity contribution is 5.18. The SMILES string of the molecule is Fc1cccc(CNCCCn2cccn2)c1F. The van der Waals surface area contributed by atoms with E-state index in [0.29, 0.717) is 12.1 Å². The van der Waals surface area contributed by atoms with E-state index >= 15 is 0 Å². The summed E-state index contributed by atoms with van der Waals surface area (Å²) in [6.45, 7) is 1.88. The molecule has 1 heterocycles. The van der Waals surface area contributed by atoms with Crippen LogP contribution in [0.2, 0.25) is 0 Å². The molecule has 0 aliphatic carbocycles. The molecule has 0 unspecified atom stereocenters. The number of aromatic nitrogens is 2. The molecule has 0 atom stereocenters. The minimum atomic E-state index is -0.800. The summed E-state index contributed by atoms with van der Waals surface area (Å²) in [7, 11) is 0. The Morgan fingerprint density at radius 1 is 1.22 bits per heavy atom. The largest absolute Gasteiger partial charge is 0.312 e. The van der Waals surface area contributed by atoms with Crippen LogP contribution in [0.5, 0.6) is 0 Å². The molecule has 1 N–H and O–H groups in total. The lowest BCUT2D eigenvalue weighted by Crippen LogP contribution is -2.17. The van der Waals surface area contributed by atoms with E-state index < -0.39 is 11.6 Å². The van der Waals surface area contributed by atoms with Gasteiger partial charge in [-0.1, -0.05) is 12.1 Å². The highest BCUT2D eigenvalue weighted by Crippen LogP contribution is 2.10. The standard InChI is InChI=1S/C13H15F2N3/c14-12-5-1-4-11(13(12)15)10-16-6-2-8-18-9-3-7-17-18/h1,3-5,7,9,16H,2,6,8,10H2. The number of nitrogens with zero attached hydrogens (tertiary/aromatic N) is 2. The van der Waals surface area contributed by atoms with Crippen LogP contribution in [0.25, 0.3) is 0 Å². The summed E-state index contributed by atoms with van der Waals surface area (Å²) in [5, 5.41) is 7.16. The van der Waals surface area contributed by atoms with Crippen LogP contribution in [0.4, 0.5) is 8.78 Å². The van der Waals surface area contributed by atoms with Gasteiger partial charge in [0.15, 0.2) is 11.6 Å². The van der Waals surface area contributed by atoms with E-state index in [0.717, 1.165) is 25.6 Å². The molecule has 0 amide bonds. The molecule has 1 aromatic carbocycles. The molecule has 0 saturated heterocycles. The Kier molecular flexibility index (Phi) is 4.41. The number of benzene rings is 1. The van der Waals surface area contributed by atoms with E-state index in [4.69, 9.17) is 0 Å². The van der Waals surface area contributed by atoms with Crippen molar-refractivity contribution in [1.82, 2.24) is 15.1 Å². The van der Waals surface area contributed by atoms with Gasteiger partial charge in [0.05, 0.1) is 0 Å². The first-order valence-electron chi connectivity index (χ1n) is 5.88. The maximum Gasteiger partial charge on any atom is 0.163 e. The van der Waals surface area contributed by atoms with E-state index in [1.165, 1.54) is 6.07 Å². The van der Waals surface area contributed by atoms with Crippen molar-refractivity contribution in [3.05, 3.63) is 53.9 Å². The van der Waals surface area contributed by atoms with Gasteiger partial charge in [0.1, 0.15) is 0 Å². The van der Waals surface area contributed by atoms with Gasteiger partial charge in [0, 0.05) is 31.0 Å². The van der Waals surface area contributed by atoms with Crippen molar-refractivity contribution in [2.75, 3.05) is 6.54 Å². The average Bonchev–Trinajstić information content (AvgIpc) is 2.87. The fourth-order valence-electron chi connectivity index (χ4n) is 1.71. The second kappa shape index (κ2) is 6.26. The van der Waals surface area contributed by atoms with Crippen LogP contribution in [0.1, 0.15) is 12.0 Å². The third kappa shape index (κ3) is 3.37. The molecule has 0 aliphatic heterocycles. The van der Waals surface area contributed by atoms with Gasteiger partial charge in [-0.25, -0.2) is 8.78 Å². The summed E-state index contributed by atoms with van der Waals surface area (Å²) >= 11 is 0. The van der Waals surface area contributed by atoms with Crippen LogP contribution < -0.4 is 5.32 Å². The lowest BCUT2D eigenvalue weighted by molar-refractivity contribution is 0.488. The predicted octanol–water partition coefficient (Wildman–Crippen LogP) is 2.34. The van der Waals surface area contributed by atoms with Crippen molar-refractivity contribution in [2.24, 2.45) is 0 Å². The number of hydrogen-bond acceptors (Lipinski definition) is 2. The zero-order valence-corrected chi connectivity index (χ0v) is 9.94. The van der Waals surface area contributed by atoms with Crippen LogP contribution in [-0.4, -0.2) is 16.3 Å². The molecule has 2 rings (SSSR count). The minimum Gasteiger partial charge on any atom is -0.312 e. The summed E-state index contributed by atoms with van der Waals surface area (Å²) in [4.78, 5) is 0. The maximum atomic E-state index is 13.3. The molecule has 5 heteroatoms. The van der Waals surface area contributed by atoms with Gasteiger partial charge in [-0.15, -0.1) is 0 Å². The molecule has 0 bridgehead atoms. The first-order valence-corrected chi connectivity index (χ1v) is 5.88. The number of rotatable bonds is 6. The third-order valence-electron chi connectivity index (χ3n) is 2.65. The van der Waals surface area contributed by atoms with Gasteiger partial charge in [0.2, 0.25) is 0 Å². The Balaban J connectivity index is 1.70. The molecular weight excluding hydrogens is 236 g/mol. The van der Waals surface area contributed by atoms with Crippen molar-refractivity contribution in [3.63, 3.8) is 0 Å². The monoisotopic (exact) mass is 251 g/mol. The van der Waals surface area contributed by atoms with Crippen LogP contribution in [0, 0.1) is 11.6 Å². The van der Waals surface area contributed by atoms with E-state index in [2.05, 4.69) is 10.4 Å². The molecule has 0 fully saturated rings. The van der Waals surface area contributed by atoms with Gasteiger partial charge >= 0.3 is 0 Å². The van der Waals surface area contributed by atoms with Crippen molar-refractivity contribution >= 4 is 0 Å². The molecular formula is C13H15F2N3. The number of aryl methyl sites for hydroxylation is 1. The molecule has 0 saturated carbocycles. The van der Waals surface area contributed by atoms with Crippen LogP contribution in [0.3, 0.4) is 0 Å². The van der Waals surface area contributed by atoms with E-state index in [1.54, 1.807) is 12.3 Å². The van der Waals surface area contributed by atoms with Crippen molar-refractivity contribution in [3.8, 4) is 0 Å². The Labute approximate surface area is 104 Å². The molecule has 18 heavy (non-hydrogen) atoms. The summed E-state index contributed by atoms with van der Waals surface area (Å²) in [6.07, 6.45) is 4.51. The van der Waals surface area contributed by atoms with Crippen LogP contribution >= 0.6 is 0 Å². The van der Waals surface area contributed by atoms with Gasteiger partial charge in [-0.3, -0.25) is 4.68 Å². The van der Waals surface area contributed by atoms with Crippen LogP contribution in [0.15, 0.2) is 36.7 Å². The highest BCUT2D eigenvalue weighted by atomic mass is 19.2. The van der Waals surface area contributed by atoms with Gasteiger partial charge in [0.25, 0.3) is 0 Å². The van der Waals surface area contributed by atoms with Gasteiger partial charge in [-0.2, -0.15) is 5.10 Å². The summed E-state index contributed by atoms with van der Waals surface area (Å²) in [6, 6.07) is 6.09.